The number of rotatable bonds is 12. The molecule has 2 amide bonds. The van der Waals surface area contributed by atoms with Crippen molar-refractivity contribution in [1.82, 2.24) is 10.2 Å². The summed E-state index contributed by atoms with van der Waals surface area (Å²) in [6.45, 7) is -0.493. The van der Waals surface area contributed by atoms with Crippen LogP contribution in [0.25, 0.3) is 0 Å². The number of carbonyl (C=O) groups is 2. The second kappa shape index (κ2) is 14.8. The molecule has 7 nitrogen and oxygen atoms in total. The summed E-state index contributed by atoms with van der Waals surface area (Å²) >= 11 is 3.50. The molecule has 0 heterocycles. The number of amides is 2. The second-order valence-electron chi connectivity index (χ2n) is 11.1. The van der Waals surface area contributed by atoms with Crippen molar-refractivity contribution < 1.29 is 22.4 Å². The van der Waals surface area contributed by atoms with Crippen LogP contribution in [0.1, 0.15) is 36.8 Å². The molecule has 4 aromatic carbocycles. The summed E-state index contributed by atoms with van der Waals surface area (Å²) < 4.78 is 43.5. The minimum Gasteiger partial charge on any atom is -0.352 e. The second-order valence-corrected chi connectivity index (χ2v) is 13.9. The van der Waals surface area contributed by atoms with Crippen molar-refractivity contribution >= 4 is 43.5 Å². The van der Waals surface area contributed by atoms with E-state index in [1.807, 2.05) is 54.6 Å². The van der Waals surface area contributed by atoms with E-state index in [1.54, 1.807) is 30.3 Å². The van der Waals surface area contributed by atoms with Crippen LogP contribution >= 0.6 is 15.9 Å². The number of anilines is 1. The van der Waals surface area contributed by atoms with Crippen LogP contribution in [0.15, 0.2) is 119 Å². The van der Waals surface area contributed by atoms with E-state index < -0.39 is 34.3 Å². The lowest BCUT2D eigenvalue weighted by Crippen LogP contribution is -2.54. The maximum Gasteiger partial charge on any atom is 0.264 e. The molecule has 1 saturated carbocycles. The van der Waals surface area contributed by atoms with Gasteiger partial charge in [-0.25, -0.2) is 12.8 Å². The standard InChI is InChI=1S/C35H35BrFN3O4S/c36-28-13-9-12-27(22-28)24-39(33(23-26-10-3-1-4-11-26)35(42)38-30-14-7-8-15-30)34(41)25-40(31-16-5-2-6-17-31)45(43,44)32-20-18-29(37)19-21-32/h1-6,9-13,16-22,30,33H,7-8,14-15,23-25H2,(H,38,42)/t33-/m1/s1. The maximum atomic E-state index is 14.5. The monoisotopic (exact) mass is 691 g/mol. The molecule has 5 rings (SSSR count). The van der Waals surface area contributed by atoms with Crippen LogP contribution in [-0.4, -0.2) is 43.8 Å². The highest BCUT2D eigenvalue weighted by Gasteiger charge is 2.35. The molecule has 1 aliphatic carbocycles. The molecular weight excluding hydrogens is 657 g/mol. The number of hydrogen-bond acceptors (Lipinski definition) is 4. The summed E-state index contributed by atoms with van der Waals surface area (Å²) in [6.07, 6.45) is 4.06. The van der Waals surface area contributed by atoms with Gasteiger partial charge in [0.2, 0.25) is 11.8 Å². The van der Waals surface area contributed by atoms with Crippen molar-refractivity contribution in [2.75, 3.05) is 10.8 Å². The Morgan fingerprint density at radius 1 is 0.844 bits per heavy atom. The molecule has 234 valence electrons. The maximum absolute atomic E-state index is 14.5. The van der Waals surface area contributed by atoms with E-state index in [9.17, 15) is 22.4 Å². The van der Waals surface area contributed by atoms with Crippen molar-refractivity contribution in [3.63, 3.8) is 0 Å². The molecule has 0 saturated heterocycles. The topological polar surface area (TPSA) is 86.8 Å². The minimum absolute atomic E-state index is 0.0262. The SMILES string of the molecule is O=C(NC1CCCC1)[C@@H](Cc1ccccc1)N(Cc1cccc(Br)c1)C(=O)CN(c1ccccc1)S(=O)(=O)c1ccc(F)cc1. The Morgan fingerprint density at radius 3 is 2.11 bits per heavy atom. The van der Waals surface area contributed by atoms with E-state index in [0.29, 0.717) is 0 Å². The van der Waals surface area contributed by atoms with E-state index in [1.165, 1.54) is 17.0 Å². The number of para-hydroxylation sites is 1. The minimum atomic E-state index is -4.29. The van der Waals surface area contributed by atoms with Crippen LogP contribution < -0.4 is 9.62 Å². The third-order valence-electron chi connectivity index (χ3n) is 7.94. The van der Waals surface area contributed by atoms with Gasteiger partial charge in [0.25, 0.3) is 10.0 Å². The molecule has 45 heavy (non-hydrogen) atoms. The predicted octanol–water partition coefficient (Wildman–Crippen LogP) is 6.48. The van der Waals surface area contributed by atoms with Gasteiger partial charge in [-0.05, 0) is 72.5 Å². The van der Waals surface area contributed by atoms with Crippen LogP contribution in [-0.2, 0) is 32.6 Å². The molecule has 10 heteroatoms. The van der Waals surface area contributed by atoms with Crippen LogP contribution in [0.2, 0.25) is 0 Å². The third kappa shape index (κ3) is 8.38. The zero-order chi connectivity index (χ0) is 31.8. The predicted molar refractivity (Wildman–Crippen MR) is 176 cm³/mol. The molecule has 1 N–H and O–H groups in total. The molecule has 1 aliphatic rings. The molecule has 0 spiro atoms. The number of hydrogen-bond donors (Lipinski definition) is 1. The van der Waals surface area contributed by atoms with Gasteiger partial charge in [-0.2, -0.15) is 0 Å². The van der Waals surface area contributed by atoms with Crippen molar-refractivity contribution in [2.24, 2.45) is 0 Å². The summed E-state index contributed by atoms with van der Waals surface area (Å²) in [5, 5.41) is 3.17. The zero-order valence-electron chi connectivity index (χ0n) is 24.7. The Balaban J connectivity index is 1.55. The number of benzene rings is 4. The lowest BCUT2D eigenvalue weighted by molar-refractivity contribution is -0.140. The van der Waals surface area contributed by atoms with E-state index in [0.717, 1.165) is 57.7 Å². The fourth-order valence-corrected chi connectivity index (χ4v) is 7.47. The Bertz CT molecular complexity index is 1700. The van der Waals surface area contributed by atoms with Gasteiger partial charge in [0.15, 0.2) is 0 Å². The summed E-state index contributed by atoms with van der Waals surface area (Å²) in [5.41, 5.74) is 1.92. The van der Waals surface area contributed by atoms with Crippen LogP contribution in [0.3, 0.4) is 0 Å². The number of carbonyl (C=O) groups excluding carboxylic acids is 2. The van der Waals surface area contributed by atoms with Gasteiger partial charge in [0.05, 0.1) is 10.6 Å². The van der Waals surface area contributed by atoms with Gasteiger partial charge >= 0.3 is 0 Å². The van der Waals surface area contributed by atoms with Crippen molar-refractivity contribution in [1.29, 1.82) is 0 Å². The first-order valence-electron chi connectivity index (χ1n) is 14.9. The van der Waals surface area contributed by atoms with Gasteiger partial charge in [-0.15, -0.1) is 0 Å². The normalized spacial score (nSPS) is 14.1. The lowest BCUT2D eigenvalue weighted by Gasteiger charge is -2.34. The van der Waals surface area contributed by atoms with Crippen LogP contribution in [0.4, 0.5) is 10.1 Å². The molecule has 1 fully saturated rings. The number of nitrogens with zero attached hydrogens (tertiary/aromatic N) is 2. The van der Waals surface area contributed by atoms with Crippen molar-refractivity contribution in [3.05, 3.63) is 131 Å². The molecule has 0 aromatic heterocycles. The van der Waals surface area contributed by atoms with Crippen LogP contribution in [0, 0.1) is 5.82 Å². The molecule has 0 bridgehead atoms. The first-order chi connectivity index (χ1) is 21.7. The van der Waals surface area contributed by atoms with E-state index in [2.05, 4.69) is 21.2 Å². The summed E-state index contributed by atoms with van der Waals surface area (Å²) in [4.78, 5) is 29.8. The average Bonchev–Trinajstić information content (AvgIpc) is 3.55. The van der Waals surface area contributed by atoms with Gasteiger partial charge in [-0.3, -0.25) is 13.9 Å². The quantitative estimate of drug-likeness (QED) is 0.184. The third-order valence-corrected chi connectivity index (χ3v) is 10.2. The Labute approximate surface area is 272 Å². The van der Waals surface area contributed by atoms with E-state index in [-0.39, 0.29) is 35.5 Å². The van der Waals surface area contributed by atoms with E-state index >= 15 is 0 Å². The number of nitrogens with one attached hydrogen (secondary N) is 1. The summed E-state index contributed by atoms with van der Waals surface area (Å²) in [7, 11) is -4.29. The highest BCUT2D eigenvalue weighted by Crippen LogP contribution is 2.26. The molecule has 4 aromatic rings. The van der Waals surface area contributed by atoms with Gasteiger partial charge in [-0.1, -0.05) is 89.4 Å². The largest absolute Gasteiger partial charge is 0.352 e. The van der Waals surface area contributed by atoms with Crippen molar-refractivity contribution in [3.8, 4) is 0 Å². The van der Waals surface area contributed by atoms with Crippen molar-refractivity contribution in [2.45, 2.75) is 55.6 Å². The highest BCUT2D eigenvalue weighted by atomic mass is 79.9. The fraction of sp³-hybridized carbons (Fsp3) is 0.257. The van der Waals surface area contributed by atoms with Crippen LogP contribution in [0.5, 0.6) is 0 Å². The molecule has 1 atom stereocenters. The Kier molecular flexibility index (Phi) is 10.7. The highest BCUT2D eigenvalue weighted by molar-refractivity contribution is 9.10. The van der Waals surface area contributed by atoms with Gasteiger partial charge < -0.3 is 10.2 Å². The summed E-state index contributed by atoms with van der Waals surface area (Å²) in [6, 6.07) is 28.8. The first kappa shape index (κ1) is 32.4. The zero-order valence-corrected chi connectivity index (χ0v) is 27.1. The molecule has 0 aliphatic heterocycles. The average molecular weight is 693 g/mol. The Morgan fingerprint density at radius 2 is 1.47 bits per heavy atom. The smallest absolute Gasteiger partial charge is 0.264 e. The fourth-order valence-electron chi connectivity index (χ4n) is 5.61. The molecule has 0 unspecified atom stereocenters. The first-order valence-corrected chi connectivity index (χ1v) is 17.2. The Hall–Kier alpha value is -4.02. The molecular formula is C35H35BrFN3O4S. The summed E-state index contributed by atoms with van der Waals surface area (Å²) in [5.74, 6) is -1.40. The van der Waals surface area contributed by atoms with E-state index in [4.69, 9.17) is 0 Å². The van der Waals surface area contributed by atoms with Gasteiger partial charge in [0.1, 0.15) is 18.4 Å². The number of halogens is 2. The lowest BCUT2D eigenvalue weighted by atomic mass is 10.0. The molecule has 0 radical (unpaired) electrons. The number of sulfonamides is 1. The van der Waals surface area contributed by atoms with Gasteiger partial charge in [0, 0.05) is 23.5 Å².